The minimum Gasteiger partial charge on any atom is -0.495 e. The summed E-state index contributed by atoms with van der Waals surface area (Å²) < 4.78 is 4.95. The van der Waals surface area contributed by atoms with Gasteiger partial charge in [0.2, 0.25) is 0 Å². The molecular formula is C7H12O4. The molecule has 0 aliphatic carbocycles. The minimum atomic E-state index is -0.924. The third kappa shape index (κ3) is 1.92. The van der Waals surface area contributed by atoms with E-state index in [1.807, 2.05) is 0 Å². The summed E-state index contributed by atoms with van der Waals surface area (Å²) in [6, 6.07) is 0. The van der Waals surface area contributed by atoms with Crippen LogP contribution in [0, 0.1) is 0 Å². The van der Waals surface area contributed by atoms with Crippen LogP contribution in [0.4, 0.5) is 0 Å². The molecule has 4 nitrogen and oxygen atoms in total. The van der Waals surface area contributed by atoms with E-state index in [9.17, 15) is 5.11 Å². The van der Waals surface area contributed by atoms with Crippen LogP contribution < -0.4 is 0 Å². The zero-order chi connectivity index (χ0) is 8.27. The maximum absolute atomic E-state index is 9.23. The van der Waals surface area contributed by atoms with Crippen LogP contribution in [0.2, 0.25) is 0 Å². The summed E-state index contributed by atoms with van der Waals surface area (Å²) in [5, 5.41) is 26.8. The summed E-state index contributed by atoms with van der Waals surface area (Å²) in [5.41, 5.74) is 0. The molecule has 1 rings (SSSR count). The van der Waals surface area contributed by atoms with Crippen molar-refractivity contribution < 1.29 is 20.1 Å². The molecule has 0 spiro atoms. The predicted octanol–water partition coefficient (Wildman–Crippen LogP) is -0.997. The second-order valence-electron chi connectivity index (χ2n) is 2.50. The van der Waals surface area contributed by atoms with Crippen molar-refractivity contribution in [1.82, 2.24) is 0 Å². The average Bonchev–Trinajstić information content (AvgIpc) is 1.99. The van der Waals surface area contributed by atoms with Crippen LogP contribution in [0.3, 0.4) is 0 Å². The zero-order valence-electron chi connectivity index (χ0n) is 6.05. The number of ether oxygens (including phenoxy) is 1. The van der Waals surface area contributed by atoms with E-state index < -0.39 is 18.3 Å². The summed E-state index contributed by atoms with van der Waals surface area (Å²) in [6.45, 7) is -0.0533. The number of aliphatic hydroxyl groups excluding tert-OH is 3. The van der Waals surface area contributed by atoms with Gasteiger partial charge < -0.3 is 20.1 Å². The Kier molecular flexibility index (Phi) is 2.87. The Morgan fingerprint density at radius 3 is 2.73 bits per heavy atom. The smallest absolute Gasteiger partial charge is 0.129 e. The lowest BCUT2D eigenvalue weighted by molar-refractivity contribution is -0.0696. The van der Waals surface area contributed by atoms with Crippen molar-refractivity contribution in [3.8, 4) is 0 Å². The van der Waals surface area contributed by atoms with Crippen molar-refractivity contribution in [3.63, 3.8) is 0 Å². The van der Waals surface area contributed by atoms with Crippen molar-refractivity contribution >= 4 is 0 Å². The average molecular weight is 160 g/mol. The topological polar surface area (TPSA) is 69.9 Å². The lowest BCUT2D eigenvalue weighted by atomic mass is 10.0. The third-order valence-corrected chi connectivity index (χ3v) is 1.67. The van der Waals surface area contributed by atoms with Crippen molar-refractivity contribution in [2.75, 3.05) is 6.61 Å². The van der Waals surface area contributed by atoms with Crippen LogP contribution in [-0.4, -0.2) is 40.2 Å². The zero-order valence-corrected chi connectivity index (χ0v) is 6.05. The predicted molar refractivity (Wildman–Crippen MR) is 37.7 cm³/mol. The minimum absolute atomic E-state index is 0.0533. The van der Waals surface area contributed by atoms with E-state index in [0.29, 0.717) is 6.42 Å². The molecule has 0 saturated carbocycles. The summed E-state index contributed by atoms with van der Waals surface area (Å²) in [4.78, 5) is 0. The second-order valence-corrected chi connectivity index (χ2v) is 2.50. The molecule has 4 heteroatoms. The first-order valence-electron chi connectivity index (χ1n) is 3.55. The molecule has 0 aromatic carbocycles. The Morgan fingerprint density at radius 2 is 2.09 bits per heavy atom. The number of hydrogen-bond acceptors (Lipinski definition) is 4. The van der Waals surface area contributed by atoms with Crippen LogP contribution in [0.15, 0.2) is 12.3 Å². The van der Waals surface area contributed by atoms with Crippen molar-refractivity contribution in [1.29, 1.82) is 0 Å². The van der Waals surface area contributed by atoms with Gasteiger partial charge in [-0.2, -0.15) is 0 Å². The Morgan fingerprint density at radius 1 is 1.36 bits per heavy atom. The highest BCUT2D eigenvalue weighted by Gasteiger charge is 2.27. The first-order valence-corrected chi connectivity index (χ1v) is 3.55. The van der Waals surface area contributed by atoms with Gasteiger partial charge in [0.15, 0.2) is 0 Å². The molecule has 0 fully saturated rings. The fraction of sp³-hybridized carbons (Fsp3) is 0.714. The van der Waals surface area contributed by atoms with Gasteiger partial charge in [-0.15, -0.1) is 0 Å². The SMILES string of the molecule is OCCC1OC=C[C@@H](O)[C@@H]1O. The molecule has 3 N–H and O–H groups in total. The molecule has 0 aromatic rings. The fourth-order valence-electron chi connectivity index (χ4n) is 1.01. The monoisotopic (exact) mass is 160 g/mol. The lowest BCUT2D eigenvalue weighted by Crippen LogP contribution is -2.40. The number of aliphatic hydroxyl groups is 3. The molecule has 0 bridgehead atoms. The molecule has 64 valence electrons. The van der Waals surface area contributed by atoms with Crippen LogP contribution in [0.5, 0.6) is 0 Å². The van der Waals surface area contributed by atoms with E-state index in [0.717, 1.165) is 0 Å². The first-order chi connectivity index (χ1) is 5.25. The van der Waals surface area contributed by atoms with Gasteiger partial charge in [0.05, 0.1) is 6.26 Å². The second kappa shape index (κ2) is 3.71. The van der Waals surface area contributed by atoms with Gasteiger partial charge in [-0.05, 0) is 6.08 Å². The van der Waals surface area contributed by atoms with Crippen molar-refractivity contribution in [2.24, 2.45) is 0 Å². The number of rotatable bonds is 2. The molecule has 0 aromatic heterocycles. The Hall–Kier alpha value is -0.580. The molecule has 3 atom stereocenters. The highest BCUT2D eigenvalue weighted by Crippen LogP contribution is 2.14. The van der Waals surface area contributed by atoms with Gasteiger partial charge in [-0.3, -0.25) is 0 Å². The largest absolute Gasteiger partial charge is 0.495 e. The molecule has 0 radical (unpaired) electrons. The normalized spacial score (nSPS) is 36.8. The van der Waals surface area contributed by atoms with Crippen LogP contribution >= 0.6 is 0 Å². The first kappa shape index (κ1) is 8.52. The molecule has 1 aliphatic heterocycles. The molecule has 1 heterocycles. The maximum Gasteiger partial charge on any atom is 0.129 e. The van der Waals surface area contributed by atoms with Crippen molar-refractivity contribution in [2.45, 2.75) is 24.7 Å². The Labute approximate surface area is 64.7 Å². The number of hydrogen-bond donors (Lipinski definition) is 3. The highest BCUT2D eigenvalue weighted by molar-refractivity contribution is 4.96. The highest BCUT2D eigenvalue weighted by atomic mass is 16.5. The van der Waals surface area contributed by atoms with Crippen LogP contribution in [0.1, 0.15) is 6.42 Å². The van der Waals surface area contributed by atoms with E-state index in [-0.39, 0.29) is 6.61 Å². The summed E-state index contributed by atoms with van der Waals surface area (Å²) in [7, 11) is 0. The van der Waals surface area contributed by atoms with Crippen LogP contribution in [0.25, 0.3) is 0 Å². The van der Waals surface area contributed by atoms with Gasteiger partial charge in [0.25, 0.3) is 0 Å². The van der Waals surface area contributed by atoms with E-state index in [2.05, 4.69) is 0 Å². The van der Waals surface area contributed by atoms with Gasteiger partial charge in [0, 0.05) is 13.0 Å². The van der Waals surface area contributed by atoms with Gasteiger partial charge in [0.1, 0.15) is 18.3 Å². The van der Waals surface area contributed by atoms with Crippen molar-refractivity contribution in [3.05, 3.63) is 12.3 Å². The van der Waals surface area contributed by atoms with E-state index >= 15 is 0 Å². The Balaban J connectivity index is 2.48. The molecule has 0 amide bonds. The third-order valence-electron chi connectivity index (χ3n) is 1.67. The van der Waals surface area contributed by atoms with Gasteiger partial charge in [-0.25, -0.2) is 0 Å². The lowest BCUT2D eigenvalue weighted by Gasteiger charge is -2.27. The van der Waals surface area contributed by atoms with Gasteiger partial charge >= 0.3 is 0 Å². The molecule has 1 aliphatic rings. The standard InChI is InChI=1S/C7H12O4/c8-3-1-6-7(10)5(9)2-4-11-6/h2,4-10H,1,3H2/t5-,6?,7+/m1/s1. The summed E-state index contributed by atoms with van der Waals surface area (Å²) in [5.74, 6) is 0. The summed E-state index contributed by atoms with van der Waals surface area (Å²) >= 11 is 0. The molecule has 0 saturated heterocycles. The molecule has 1 unspecified atom stereocenters. The van der Waals surface area contributed by atoms with E-state index in [1.54, 1.807) is 0 Å². The molecular weight excluding hydrogens is 148 g/mol. The van der Waals surface area contributed by atoms with Gasteiger partial charge in [-0.1, -0.05) is 0 Å². The quantitative estimate of drug-likeness (QED) is 0.484. The van der Waals surface area contributed by atoms with Crippen LogP contribution in [-0.2, 0) is 4.74 Å². The molecule has 11 heavy (non-hydrogen) atoms. The summed E-state index contributed by atoms with van der Waals surface area (Å²) in [6.07, 6.45) is 0.770. The van der Waals surface area contributed by atoms with E-state index in [4.69, 9.17) is 14.9 Å². The fourth-order valence-corrected chi connectivity index (χ4v) is 1.01. The van der Waals surface area contributed by atoms with E-state index in [1.165, 1.54) is 12.3 Å². The maximum atomic E-state index is 9.23. The Bertz CT molecular complexity index is 145.